The minimum absolute atomic E-state index is 0.255. The highest BCUT2D eigenvalue weighted by atomic mass is 16.2. The molecule has 0 saturated carbocycles. The fourth-order valence-electron chi connectivity index (χ4n) is 1.01. The lowest BCUT2D eigenvalue weighted by Crippen LogP contribution is -1.87. The van der Waals surface area contributed by atoms with E-state index in [2.05, 4.69) is 12.7 Å². The monoisotopic (exact) mass is 166 g/mol. The zero-order valence-electron chi connectivity index (χ0n) is 8.01. The molecule has 0 aromatic rings. The molecule has 12 heavy (non-hydrogen) atoms. The van der Waals surface area contributed by atoms with E-state index in [9.17, 15) is 0 Å². The molecule has 0 spiro atoms. The molecule has 68 valence electrons. The molecule has 0 fully saturated rings. The summed E-state index contributed by atoms with van der Waals surface area (Å²) in [4.78, 5) is 0. The van der Waals surface area contributed by atoms with Gasteiger partial charge >= 0.3 is 0 Å². The first-order valence-electron chi connectivity index (χ1n) is 4.32. The Hall–Kier alpha value is -0.820. The number of allylic oxidation sites excluding steroid dienone is 5. The quantitative estimate of drug-likeness (QED) is 0.623. The lowest BCUT2D eigenvalue weighted by Gasteiger charge is -2.03. The Labute approximate surface area is 75.1 Å². The van der Waals surface area contributed by atoms with E-state index < -0.39 is 0 Å². The van der Waals surface area contributed by atoms with E-state index in [1.54, 1.807) is 0 Å². The van der Waals surface area contributed by atoms with E-state index in [0.29, 0.717) is 0 Å². The van der Waals surface area contributed by atoms with Crippen molar-refractivity contribution in [3.05, 3.63) is 36.0 Å². The molecule has 0 aromatic heterocycles. The molecule has 1 heteroatoms. The van der Waals surface area contributed by atoms with Crippen LogP contribution in [-0.2, 0) is 0 Å². The SMILES string of the molecule is C=C/C(C)=C(\C=C/C)CCCO. The maximum Gasteiger partial charge on any atom is 0.0434 e. The van der Waals surface area contributed by atoms with Gasteiger partial charge in [0.15, 0.2) is 0 Å². The molecular weight excluding hydrogens is 148 g/mol. The average molecular weight is 166 g/mol. The summed E-state index contributed by atoms with van der Waals surface area (Å²) < 4.78 is 0. The van der Waals surface area contributed by atoms with Gasteiger partial charge in [-0.3, -0.25) is 0 Å². The van der Waals surface area contributed by atoms with Crippen LogP contribution in [0.4, 0.5) is 0 Å². The molecule has 0 rings (SSSR count). The third-order valence-corrected chi connectivity index (χ3v) is 1.78. The van der Waals surface area contributed by atoms with E-state index in [4.69, 9.17) is 5.11 Å². The standard InChI is InChI=1S/C11H18O/c1-4-7-11(8-6-9-12)10(3)5-2/h4-5,7,12H,2,6,8-9H2,1,3H3/b7-4-,11-10+. The molecule has 0 amide bonds. The van der Waals surface area contributed by atoms with Crippen LogP contribution >= 0.6 is 0 Å². The molecule has 0 saturated heterocycles. The lowest BCUT2D eigenvalue weighted by atomic mass is 10.0. The fraction of sp³-hybridized carbons (Fsp3) is 0.455. The largest absolute Gasteiger partial charge is 0.396 e. The van der Waals surface area contributed by atoms with Gasteiger partial charge in [0.2, 0.25) is 0 Å². The molecule has 1 N–H and O–H groups in total. The first-order valence-corrected chi connectivity index (χ1v) is 4.32. The van der Waals surface area contributed by atoms with E-state index >= 15 is 0 Å². The summed E-state index contributed by atoms with van der Waals surface area (Å²) in [6, 6.07) is 0. The molecular formula is C11H18O. The number of aliphatic hydroxyl groups is 1. The van der Waals surface area contributed by atoms with Gasteiger partial charge in [0.25, 0.3) is 0 Å². The molecule has 0 radical (unpaired) electrons. The topological polar surface area (TPSA) is 20.2 Å². The van der Waals surface area contributed by atoms with Crippen molar-refractivity contribution in [3.63, 3.8) is 0 Å². The molecule has 0 atom stereocenters. The van der Waals surface area contributed by atoms with Crippen molar-refractivity contribution in [2.45, 2.75) is 26.7 Å². The first kappa shape index (κ1) is 11.2. The van der Waals surface area contributed by atoms with Gasteiger partial charge in [0.1, 0.15) is 0 Å². The maximum absolute atomic E-state index is 8.67. The third kappa shape index (κ3) is 4.14. The predicted octanol–water partition coefficient (Wildman–Crippen LogP) is 2.84. The Morgan fingerprint density at radius 3 is 2.58 bits per heavy atom. The van der Waals surface area contributed by atoms with Gasteiger partial charge in [-0.15, -0.1) is 0 Å². The van der Waals surface area contributed by atoms with Crippen LogP contribution in [0.1, 0.15) is 26.7 Å². The van der Waals surface area contributed by atoms with Gasteiger partial charge in [-0.2, -0.15) is 0 Å². The van der Waals surface area contributed by atoms with Crippen molar-refractivity contribution < 1.29 is 5.11 Å². The number of hydrogen-bond acceptors (Lipinski definition) is 1. The van der Waals surface area contributed by atoms with E-state index in [0.717, 1.165) is 12.8 Å². The Morgan fingerprint density at radius 1 is 1.50 bits per heavy atom. The number of hydrogen-bond donors (Lipinski definition) is 1. The maximum atomic E-state index is 8.67. The molecule has 0 bridgehead atoms. The summed E-state index contributed by atoms with van der Waals surface area (Å²) in [6.45, 7) is 8.01. The smallest absolute Gasteiger partial charge is 0.0434 e. The molecule has 0 aliphatic rings. The fourth-order valence-corrected chi connectivity index (χ4v) is 1.01. The van der Waals surface area contributed by atoms with Gasteiger partial charge in [0.05, 0.1) is 0 Å². The van der Waals surface area contributed by atoms with Crippen molar-refractivity contribution >= 4 is 0 Å². The van der Waals surface area contributed by atoms with Gasteiger partial charge in [-0.25, -0.2) is 0 Å². The minimum Gasteiger partial charge on any atom is -0.396 e. The highest BCUT2D eigenvalue weighted by Gasteiger charge is 1.95. The van der Waals surface area contributed by atoms with Crippen LogP contribution < -0.4 is 0 Å². The molecule has 0 aromatic carbocycles. The van der Waals surface area contributed by atoms with Gasteiger partial charge in [-0.05, 0) is 37.8 Å². The van der Waals surface area contributed by atoms with Crippen molar-refractivity contribution in [2.75, 3.05) is 6.61 Å². The Balaban J connectivity index is 4.31. The van der Waals surface area contributed by atoms with E-state index in [1.807, 2.05) is 26.0 Å². The molecule has 0 heterocycles. The second kappa shape index (κ2) is 6.86. The predicted molar refractivity (Wildman–Crippen MR) is 54.0 cm³/mol. The molecule has 0 unspecified atom stereocenters. The summed E-state index contributed by atoms with van der Waals surface area (Å²) in [5.41, 5.74) is 2.46. The Morgan fingerprint density at radius 2 is 2.17 bits per heavy atom. The Kier molecular flexibility index (Phi) is 6.39. The summed E-state index contributed by atoms with van der Waals surface area (Å²) >= 11 is 0. The van der Waals surface area contributed by atoms with Crippen molar-refractivity contribution in [2.24, 2.45) is 0 Å². The van der Waals surface area contributed by atoms with Crippen LogP contribution in [-0.4, -0.2) is 11.7 Å². The Bertz CT molecular complexity index is 187. The number of aliphatic hydroxyl groups excluding tert-OH is 1. The average Bonchev–Trinajstić information content (AvgIpc) is 2.11. The normalized spacial score (nSPS) is 13.2. The summed E-state index contributed by atoms with van der Waals surface area (Å²) in [5, 5.41) is 8.67. The van der Waals surface area contributed by atoms with Gasteiger partial charge in [0, 0.05) is 6.61 Å². The highest BCUT2D eigenvalue weighted by molar-refractivity contribution is 5.30. The third-order valence-electron chi connectivity index (χ3n) is 1.78. The second-order valence-electron chi connectivity index (χ2n) is 2.74. The lowest BCUT2D eigenvalue weighted by molar-refractivity contribution is 0.289. The van der Waals surface area contributed by atoms with Crippen molar-refractivity contribution in [3.8, 4) is 0 Å². The van der Waals surface area contributed by atoms with Crippen molar-refractivity contribution in [1.29, 1.82) is 0 Å². The zero-order chi connectivity index (χ0) is 9.40. The van der Waals surface area contributed by atoms with Crippen LogP contribution in [0, 0.1) is 0 Å². The van der Waals surface area contributed by atoms with Gasteiger partial charge in [-0.1, -0.05) is 24.8 Å². The highest BCUT2D eigenvalue weighted by Crippen LogP contribution is 2.13. The summed E-state index contributed by atoms with van der Waals surface area (Å²) in [7, 11) is 0. The van der Waals surface area contributed by atoms with Crippen LogP contribution in [0.5, 0.6) is 0 Å². The van der Waals surface area contributed by atoms with Crippen LogP contribution in [0.25, 0.3) is 0 Å². The van der Waals surface area contributed by atoms with Gasteiger partial charge < -0.3 is 5.11 Å². The number of rotatable bonds is 5. The van der Waals surface area contributed by atoms with E-state index in [1.165, 1.54) is 11.1 Å². The van der Waals surface area contributed by atoms with Crippen molar-refractivity contribution in [1.82, 2.24) is 0 Å². The minimum atomic E-state index is 0.255. The van der Waals surface area contributed by atoms with E-state index in [-0.39, 0.29) is 6.61 Å². The first-order chi connectivity index (χ1) is 5.76. The van der Waals surface area contributed by atoms with Crippen LogP contribution in [0.15, 0.2) is 36.0 Å². The van der Waals surface area contributed by atoms with Crippen LogP contribution in [0.3, 0.4) is 0 Å². The summed E-state index contributed by atoms with van der Waals surface area (Å²) in [6.07, 6.45) is 7.70. The molecule has 1 nitrogen and oxygen atoms in total. The zero-order valence-corrected chi connectivity index (χ0v) is 8.01. The van der Waals surface area contributed by atoms with Crippen LogP contribution in [0.2, 0.25) is 0 Å². The summed E-state index contributed by atoms with van der Waals surface area (Å²) in [5.74, 6) is 0. The second-order valence-corrected chi connectivity index (χ2v) is 2.74. The molecule has 0 aliphatic carbocycles. The molecule has 0 aliphatic heterocycles.